The van der Waals surface area contributed by atoms with Crippen molar-refractivity contribution in [1.82, 2.24) is 14.5 Å². The van der Waals surface area contributed by atoms with E-state index in [9.17, 15) is 4.79 Å². The van der Waals surface area contributed by atoms with Crippen LogP contribution in [0.15, 0.2) is 36.5 Å². The first kappa shape index (κ1) is 15.2. The van der Waals surface area contributed by atoms with Gasteiger partial charge in [0.1, 0.15) is 5.82 Å². The Kier molecular flexibility index (Phi) is 3.31. The highest BCUT2D eigenvalue weighted by Gasteiger charge is 2.53. The number of aryl methyl sites for hydroxylation is 1. The molecule has 3 fully saturated rings. The van der Waals surface area contributed by atoms with E-state index in [0.717, 1.165) is 32.4 Å². The van der Waals surface area contributed by atoms with Crippen LogP contribution >= 0.6 is 0 Å². The second kappa shape index (κ2) is 5.45. The van der Waals surface area contributed by atoms with Gasteiger partial charge in [0, 0.05) is 30.9 Å². The van der Waals surface area contributed by atoms with Crippen LogP contribution in [0, 0.1) is 6.92 Å². The van der Waals surface area contributed by atoms with Crippen molar-refractivity contribution in [1.29, 1.82) is 0 Å². The maximum atomic E-state index is 13.3. The largest absolute Gasteiger partial charge is 0.340 e. The standard InChI is InChI=1S/C21H25N3O/c1-15-13-22-19(16-7-8-16)24(15)18-9-12-23(14-18)20(25)21(10-11-21)17-5-3-2-4-6-17/h2-6,13,16,18H,7-12,14H2,1H3. The second-order valence-electron chi connectivity index (χ2n) is 8.04. The minimum atomic E-state index is -0.237. The Morgan fingerprint density at radius 1 is 1.16 bits per heavy atom. The molecule has 1 aromatic carbocycles. The van der Waals surface area contributed by atoms with Crippen molar-refractivity contribution in [2.24, 2.45) is 0 Å². The lowest BCUT2D eigenvalue weighted by molar-refractivity contribution is -0.133. The summed E-state index contributed by atoms with van der Waals surface area (Å²) in [7, 11) is 0. The van der Waals surface area contributed by atoms with Crippen LogP contribution in [0.4, 0.5) is 0 Å². The van der Waals surface area contributed by atoms with Crippen molar-refractivity contribution in [3.63, 3.8) is 0 Å². The molecule has 1 saturated heterocycles. The molecule has 1 atom stereocenters. The van der Waals surface area contributed by atoms with Crippen molar-refractivity contribution in [3.05, 3.63) is 53.6 Å². The van der Waals surface area contributed by atoms with E-state index in [1.807, 2.05) is 24.4 Å². The van der Waals surface area contributed by atoms with Gasteiger partial charge in [-0.25, -0.2) is 4.98 Å². The minimum absolute atomic E-state index is 0.237. The van der Waals surface area contributed by atoms with E-state index >= 15 is 0 Å². The first-order chi connectivity index (χ1) is 12.2. The number of rotatable bonds is 4. The highest BCUT2D eigenvalue weighted by Crippen LogP contribution is 2.50. The quantitative estimate of drug-likeness (QED) is 0.856. The van der Waals surface area contributed by atoms with E-state index in [1.165, 1.54) is 29.9 Å². The van der Waals surface area contributed by atoms with Crippen molar-refractivity contribution in [2.45, 2.75) is 56.4 Å². The Morgan fingerprint density at radius 2 is 1.92 bits per heavy atom. The SMILES string of the molecule is Cc1cnc(C2CC2)n1C1CCN(C(=O)C2(c3ccccc3)CC2)C1. The fourth-order valence-electron chi connectivity index (χ4n) is 4.53. The summed E-state index contributed by atoms with van der Waals surface area (Å²) in [5.41, 5.74) is 2.20. The van der Waals surface area contributed by atoms with Crippen LogP contribution in [0.5, 0.6) is 0 Å². The Hall–Kier alpha value is -2.10. The molecule has 4 nitrogen and oxygen atoms in total. The molecule has 3 aliphatic rings. The third-order valence-corrected chi connectivity index (χ3v) is 6.25. The molecular formula is C21H25N3O. The van der Waals surface area contributed by atoms with Gasteiger partial charge >= 0.3 is 0 Å². The summed E-state index contributed by atoms with van der Waals surface area (Å²) in [5, 5.41) is 0. The van der Waals surface area contributed by atoms with E-state index in [1.54, 1.807) is 0 Å². The predicted molar refractivity (Wildman–Crippen MR) is 96.5 cm³/mol. The van der Waals surface area contributed by atoms with Crippen LogP contribution in [0.1, 0.15) is 61.1 Å². The number of benzene rings is 1. The summed E-state index contributed by atoms with van der Waals surface area (Å²) < 4.78 is 2.42. The monoisotopic (exact) mass is 335 g/mol. The Bertz CT molecular complexity index is 802. The average Bonchev–Trinajstić information content (AvgIpc) is 3.55. The zero-order chi connectivity index (χ0) is 17.0. The summed E-state index contributed by atoms with van der Waals surface area (Å²) in [5.74, 6) is 2.24. The summed E-state index contributed by atoms with van der Waals surface area (Å²) in [6, 6.07) is 10.7. The molecule has 4 heteroatoms. The van der Waals surface area contributed by atoms with Crippen LogP contribution in [-0.2, 0) is 10.2 Å². The average molecular weight is 335 g/mol. The maximum Gasteiger partial charge on any atom is 0.233 e. The Labute approximate surface area is 148 Å². The summed E-state index contributed by atoms with van der Waals surface area (Å²) in [6.45, 7) is 3.86. The number of hydrogen-bond acceptors (Lipinski definition) is 2. The Morgan fingerprint density at radius 3 is 2.60 bits per heavy atom. The first-order valence-electron chi connectivity index (χ1n) is 9.58. The first-order valence-corrected chi connectivity index (χ1v) is 9.58. The zero-order valence-electron chi connectivity index (χ0n) is 14.8. The van der Waals surface area contributed by atoms with Gasteiger partial charge in [-0.3, -0.25) is 4.79 Å². The molecule has 2 aromatic rings. The van der Waals surface area contributed by atoms with E-state index in [2.05, 4.69) is 33.5 Å². The van der Waals surface area contributed by atoms with Gasteiger partial charge in [0.15, 0.2) is 0 Å². The molecule has 1 unspecified atom stereocenters. The number of amides is 1. The van der Waals surface area contributed by atoms with Gasteiger partial charge in [-0.05, 0) is 44.6 Å². The molecule has 0 bridgehead atoms. The lowest BCUT2D eigenvalue weighted by atomic mass is 9.94. The van der Waals surface area contributed by atoms with Crippen LogP contribution in [0.3, 0.4) is 0 Å². The van der Waals surface area contributed by atoms with Gasteiger partial charge in [0.05, 0.1) is 11.5 Å². The predicted octanol–water partition coefficient (Wildman–Crippen LogP) is 3.57. The molecular weight excluding hydrogens is 310 g/mol. The van der Waals surface area contributed by atoms with E-state index in [4.69, 9.17) is 0 Å². The highest BCUT2D eigenvalue weighted by atomic mass is 16.2. The maximum absolute atomic E-state index is 13.3. The summed E-state index contributed by atoms with van der Waals surface area (Å²) in [6.07, 6.45) is 7.58. The highest BCUT2D eigenvalue weighted by molar-refractivity contribution is 5.91. The van der Waals surface area contributed by atoms with Crippen molar-refractivity contribution < 1.29 is 4.79 Å². The van der Waals surface area contributed by atoms with Crippen LogP contribution in [0.25, 0.3) is 0 Å². The lowest BCUT2D eigenvalue weighted by Crippen LogP contribution is -2.38. The van der Waals surface area contributed by atoms with E-state index < -0.39 is 0 Å². The fraction of sp³-hybridized carbons (Fsp3) is 0.524. The molecule has 130 valence electrons. The number of imidazole rings is 1. The van der Waals surface area contributed by atoms with Gasteiger partial charge in [-0.15, -0.1) is 0 Å². The molecule has 1 amide bonds. The van der Waals surface area contributed by atoms with Gasteiger partial charge < -0.3 is 9.47 Å². The van der Waals surface area contributed by atoms with Gasteiger partial charge in [-0.1, -0.05) is 30.3 Å². The van der Waals surface area contributed by atoms with Crippen molar-refractivity contribution in [3.8, 4) is 0 Å². The third-order valence-electron chi connectivity index (χ3n) is 6.25. The van der Waals surface area contributed by atoms with Crippen LogP contribution in [0.2, 0.25) is 0 Å². The minimum Gasteiger partial charge on any atom is -0.340 e. The number of carbonyl (C=O) groups is 1. The third kappa shape index (κ3) is 2.42. The van der Waals surface area contributed by atoms with E-state index in [-0.39, 0.29) is 5.41 Å². The summed E-state index contributed by atoms with van der Waals surface area (Å²) >= 11 is 0. The van der Waals surface area contributed by atoms with Gasteiger partial charge in [0.2, 0.25) is 5.91 Å². The van der Waals surface area contributed by atoms with Crippen molar-refractivity contribution in [2.75, 3.05) is 13.1 Å². The lowest BCUT2D eigenvalue weighted by Gasteiger charge is -2.24. The second-order valence-corrected chi connectivity index (χ2v) is 8.04. The number of aromatic nitrogens is 2. The van der Waals surface area contributed by atoms with E-state index in [0.29, 0.717) is 17.9 Å². The van der Waals surface area contributed by atoms with Gasteiger partial charge in [0.25, 0.3) is 0 Å². The van der Waals surface area contributed by atoms with Crippen LogP contribution in [-0.4, -0.2) is 33.4 Å². The molecule has 0 N–H and O–H groups in total. The number of hydrogen-bond donors (Lipinski definition) is 0. The molecule has 1 aromatic heterocycles. The molecule has 1 aliphatic heterocycles. The summed E-state index contributed by atoms with van der Waals surface area (Å²) in [4.78, 5) is 20.0. The number of likely N-dealkylation sites (tertiary alicyclic amines) is 1. The Balaban J connectivity index is 1.36. The zero-order valence-corrected chi connectivity index (χ0v) is 14.8. The molecule has 2 aliphatic carbocycles. The normalized spacial score (nSPS) is 24.5. The molecule has 0 radical (unpaired) electrons. The molecule has 5 rings (SSSR count). The van der Waals surface area contributed by atoms with Gasteiger partial charge in [-0.2, -0.15) is 0 Å². The molecule has 2 heterocycles. The molecule has 25 heavy (non-hydrogen) atoms. The molecule has 0 spiro atoms. The smallest absolute Gasteiger partial charge is 0.233 e. The van der Waals surface area contributed by atoms with Crippen molar-refractivity contribution >= 4 is 5.91 Å². The molecule has 2 saturated carbocycles. The fourth-order valence-corrected chi connectivity index (χ4v) is 4.53. The number of nitrogens with zero attached hydrogens (tertiary/aromatic N) is 3. The topological polar surface area (TPSA) is 38.1 Å². The van der Waals surface area contributed by atoms with Crippen LogP contribution < -0.4 is 0 Å². The number of carbonyl (C=O) groups excluding carboxylic acids is 1.